The normalized spacial score (nSPS) is 10.0. The van der Waals surface area contributed by atoms with Crippen molar-refractivity contribution < 1.29 is 27.2 Å². The number of carbonyl (C=O) groups is 2. The first-order valence-corrected chi connectivity index (χ1v) is 4.49. The van der Waals surface area contributed by atoms with Crippen LogP contribution < -0.4 is 16.4 Å². The second-order valence-corrected chi connectivity index (χ2v) is 3.11. The van der Waals surface area contributed by atoms with Gasteiger partial charge in [0.15, 0.2) is 23.3 Å². The number of carbonyl (C=O) groups excluding carboxylic acids is 2. The Morgan fingerprint density at radius 3 is 2.06 bits per heavy atom. The zero-order valence-corrected chi connectivity index (χ0v) is 8.69. The Morgan fingerprint density at radius 1 is 1.11 bits per heavy atom. The van der Waals surface area contributed by atoms with E-state index >= 15 is 0 Å². The number of anilines is 1. The van der Waals surface area contributed by atoms with Crippen molar-refractivity contribution in [2.45, 2.75) is 0 Å². The Bertz CT molecular complexity index is 481. The first kappa shape index (κ1) is 13.7. The van der Waals surface area contributed by atoms with Crippen molar-refractivity contribution >= 4 is 17.6 Å². The van der Waals surface area contributed by atoms with Gasteiger partial charge in [-0.1, -0.05) is 0 Å². The van der Waals surface area contributed by atoms with Crippen molar-refractivity contribution in [2.75, 3.05) is 11.9 Å². The van der Waals surface area contributed by atoms with E-state index in [9.17, 15) is 27.2 Å². The molecule has 1 rings (SSSR count). The number of amides is 3. The van der Waals surface area contributed by atoms with Gasteiger partial charge in [-0.25, -0.2) is 22.4 Å². The molecule has 0 aliphatic heterocycles. The topological polar surface area (TPSA) is 84.2 Å². The summed E-state index contributed by atoms with van der Waals surface area (Å²) in [6.07, 6.45) is 0. The van der Waals surface area contributed by atoms with Crippen LogP contribution in [0.5, 0.6) is 0 Å². The number of rotatable bonds is 3. The van der Waals surface area contributed by atoms with Gasteiger partial charge in [-0.15, -0.1) is 0 Å². The summed E-state index contributed by atoms with van der Waals surface area (Å²) >= 11 is 0. The molecule has 1 aromatic rings. The molecule has 0 atom stereocenters. The highest BCUT2D eigenvalue weighted by Gasteiger charge is 2.19. The fraction of sp³-hybridized carbons (Fsp3) is 0.111. The van der Waals surface area contributed by atoms with Gasteiger partial charge in [-0.3, -0.25) is 10.1 Å². The van der Waals surface area contributed by atoms with Crippen molar-refractivity contribution in [3.63, 3.8) is 0 Å². The van der Waals surface area contributed by atoms with Crippen LogP contribution in [0.25, 0.3) is 0 Å². The fourth-order valence-corrected chi connectivity index (χ4v) is 1.08. The van der Waals surface area contributed by atoms with Crippen LogP contribution in [0.2, 0.25) is 0 Å². The summed E-state index contributed by atoms with van der Waals surface area (Å²) in [4.78, 5) is 21.2. The van der Waals surface area contributed by atoms with Gasteiger partial charge in [0.25, 0.3) is 0 Å². The standard InChI is InChI=1S/C9H7F4N3O2/c10-3-1-4(11)7(13)8(6(3)12)15-2-5(17)16-9(14)18/h1,15H,2H2,(H3,14,16,17,18). The largest absolute Gasteiger partial charge is 0.371 e. The van der Waals surface area contributed by atoms with E-state index in [2.05, 4.69) is 5.73 Å². The molecule has 0 aromatic heterocycles. The second-order valence-electron chi connectivity index (χ2n) is 3.11. The summed E-state index contributed by atoms with van der Waals surface area (Å²) < 4.78 is 51.7. The predicted octanol–water partition coefficient (Wildman–Crippen LogP) is 0.850. The molecule has 0 unspecified atom stereocenters. The minimum atomic E-state index is -1.68. The molecule has 0 spiro atoms. The summed E-state index contributed by atoms with van der Waals surface area (Å²) in [6.45, 7) is -0.792. The highest BCUT2D eigenvalue weighted by atomic mass is 19.2. The summed E-state index contributed by atoms with van der Waals surface area (Å²) in [7, 11) is 0. The molecular formula is C9H7F4N3O2. The zero-order valence-electron chi connectivity index (χ0n) is 8.69. The van der Waals surface area contributed by atoms with Gasteiger partial charge in [-0.2, -0.15) is 0 Å². The molecule has 9 heteroatoms. The first-order chi connectivity index (χ1) is 8.32. The van der Waals surface area contributed by atoms with Crippen molar-refractivity contribution in [1.29, 1.82) is 0 Å². The fourth-order valence-electron chi connectivity index (χ4n) is 1.08. The van der Waals surface area contributed by atoms with Gasteiger partial charge in [-0.05, 0) is 0 Å². The van der Waals surface area contributed by atoms with E-state index in [1.54, 1.807) is 5.32 Å². The van der Waals surface area contributed by atoms with Crippen molar-refractivity contribution in [2.24, 2.45) is 5.73 Å². The van der Waals surface area contributed by atoms with Gasteiger partial charge in [0.05, 0.1) is 6.54 Å². The summed E-state index contributed by atoms with van der Waals surface area (Å²) in [5.41, 5.74) is 3.46. The average molecular weight is 265 g/mol. The van der Waals surface area contributed by atoms with Crippen molar-refractivity contribution in [3.8, 4) is 0 Å². The van der Waals surface area contributed by atoms with E-state index in [1.807, 2.05) is 5.32 Å². The molecule has 0 heterocycles. The third kappa shape index (κ3) is 3.09. The van der Waals surface area contributed by atoms with Gasteiger partial charge in [0, 0.05) is 6.07 Å². The number of hydrogen-bond acceptors (Lipinski definition) is 3. The van der Waals surface area contributed by atoms with E-state index in [0.29, 0.717) is 0 Å². The SMILES string of the molecule is NC(=O)NC(=O)CNc1c(F)c(F)cc(F)c1F. The van der Waals surface area contributed by atoms with Crippen LogP contribution in [0.3, 0.4) is 0 Å². The number of halogens is 4. The third-order valence-corrected chi connectivity index (χ3v) is 1.80. The number of nitrogens with two attached hydrogens (primary N) is 1. The highest BCUT2D eigenvalue weighted by molar-refractivity contribution is 5.95. The van der Waals surface area contributed by atoms with Crippen LogP contribution in [-0.2, 0) is 4.79 Å². The molecule has 5 nitrogen and oxygen atoms in total. The molecule has 0 radical (unpaired) electrons. The molecule has 0 bridgehead atoms. The molecule has 0 aliphatic carbocycles. The molecule has 0 saturated carbocycles. The lowest BCUT2D eigenvalue weighted by molar-refractivity contribution is -0.118. The Hall–Kier alpha value is -2.32. The number of nitrogens with one attached hydrogen (secondary N) is 2. The van der Waals surface area contributed by atoms with Crippen LogP contribution in [0.4, 0.5) is 28.0 Å². The van der Waals surface area contributed by atoms with Gasteiger partial charge < -0.3 is 11.1 Å². The number of primary amides is 1. The van der Waals surface area contributed by atoms with Gasteiger partial charge in [0.1, 0.15) is 5.69 Å². The quantitative estimate of drug-likeness (QED) is 0.559. The zero-order chi connectivity index (χ0) is 13.9. The van der Waals surface area contributed by atoms with Crippen LogP contribution >= 0.6 is 0 Å². The van der Waals surface area contributed by atoms with Crippen molar-refractivity contribution in [3.05, 3.63) is 29.3 Å². The summed E-state index contributed by atoms with van der Waals surface area (Å²) in [5, 5.41) is 3.40. The third-order valence-electron chi connectivity index (χ3n) is 1.80. The van der Waals surface area contributed by atoms with E-state index in [1.165, 1.54) is 0 Å². The van der Waals surface area contributed by atoms with Crippen molar-refractivity contribution in [1.82, 2.24) is 5.32 Å². The lowest BCUT2D eigenvalue weighted by Crippen LogP contribution is -2.38. The average Bonchev–Trinajstić information content (AvgIpc) is 2.25. The van der Waals surface area contributed by atoms with Crippen LogP contribution in [-0.4, -0.2) is 18.5 Å². The summed E-state index contributed by atoms with van der Waals surface area (Å²) in [6, 6.07) is -1.15. The van der Waals surface area contributed by atoms with E-state index in [-0.39, 0.29) is 6.07 Å². The molecule has 98 valence electrons. The molecule has 1 aromatic carbocycles. The lowest BCUT2D eigenvalue weighted by Gasteiger charge is -2.09. The molecule has 0 fully saturated rings. The van der Waals surface area contributed by atoms with Gasteiger partial charge >= 0.3 is 6.03 Å². The number of urea groups is 1. The maximum absolute atomic E-state index is 13.1. The number of hydrogen-bond donors (Lipinski definition) is 3. The van der Waals surface area contributed by atoms with E-state index in [4.69, 9.17) is 0 Å². The molecule has 18 heavy (non-hydrogen) atoms. The minimum absolute atomic E-state index is 0.0271. The summed E-state index contributed by atoms with van der Waals surface area (Å²) in [5.74, 6) is -7.62. The number of imide groups is 1. The molecule has 3 amide bonds. The molecule has 0 aliphatic rings. The molecule has 4 N–H and O–H groups in total. The molecule has 0 saturated heterocycles. The lowest BCUT2D eigenvalue weighted by atomic mass is 10.2. The van der Waals surface area contributed by atoms with Gasteiger partial charge in [0.2, 0.25) is 5.91 Å². The van der Waals surface area contributed by atoms with E-state index < -0.39 is 47.4 Å². The first-order valence-electron chi connectivity index (χ1n) is 4.49. The van der Waals surface area contributed by atoms with E-state index in [0.717, 1.165) is 0 Å². The number of benzene rings is 1. The van der Waals surface area contributed by atoms with Crippen LogP contribution in [0.15, 0.2) is 6.07 Å². The Balaban J connectivity index is 2.85. The minimum Gasteiger partial charge on any atom is -0.371 e. The predicted molar refractivity (Wildman–Crippen MR) is 52.5 cm³/mol. The Labute approximate surface area is 98.0 Å². The molecular weight excluding hydrogens is 258 g/mol. The Morgan fingerprint density at radius 2 is 1.61 bits per heavy atom. The highest BCUT2D eigenvalue weighted by Crippen LogP contribution is 2.23. The smallest absolute Gasteiger partial charge is 0.318 e. The monoisotopic (exact) mass is 265 g/mol. The Kier molecular flexibility index (Phi) is 4.08. The maximum atomic E-state index is 13.1. The maximum Gasteiger partial charge on any atom is 0.318 e. The van der Waals surface area contributed by atoms with Crippen LogP contribution in [0.1, 0.15) is 0 Å². The second kappa shape index (κ2) is 5.34. The van der Waals surface area contributed by atoms with Crippen LogP contribution in [0, 0.1) is 23.3 Å².